The molecule has 0 saturated heterocycles. The van der Waals surface area contributed by atoms with Crippen LogP contribution in [-0.4, -0.2) is 24.3 Å². The van der Waals surface area contributed by atoms with Crippen molar-refractivity contribution in [2.45, 2.75) is 6.92 Å². The van der Waals surface area contributed by atoms with Gasteiger partial charge in [0.2, 0.25) is 5.91 Å². The maximum absolute atomic E-state index is 12.1. The van der Waals surface area contributed by atoms with E-state index >= 15 is 0 Å². The second kappa shape index (κ2) is 8.68. The SMILES string of the molecule is Cc1ccccc1C(=O)NCC(=O)Nc1ccc(NC(=O)c2ccco2)cc1. The van der Waals surface area contributed by atoms with Gasteiger partial charge in [0.1, 0.15) is 0 Å². The minimum Gasteiger partial charge on any atom is -0.459 e. The minimum absolute atomic E-state index is 0.149. The highest BCUT2D eigenvalue weighted by molar-refractivity contribution is 6.02. The molecule has 0 aliphatic rings. The van der Waals surface area contributed by atoms with E-state index in [4.69, 9.17) is 4.42 Å². The number of carbonyl (C=O) groups excluding carboxylic acids is 3. The van der Waals surface area contributed by atoms with Gasteiger partial charge >= 0.3 is 0 Å². The Balaban J connectivity index is 1.50. The molecule has 3 N–H and O–H groups in total. The number of furan rings is 1. The number of aryl methyl sites for hydroxylation is 1. The van der Waals surface area contributed by atoms with Crippen molar-refractivity contribution < 1.29 is 18.8 Å². The normalized spacial score (nSPS) is 10.2. The molecule has 28 heavy (non-hydrogen) atoms. The van der Waals surface area contributed by atoms with Crippen LogP contribution in [0.15, 0.2) is 71.3 Å². The Kier molecular flexibility index (Phi) is 5.86. The molecule has 142 valence electrons. The first-order chi connectivity index (χ1) is 13.5. The number of hydrogen-bond acceptors (Lipinski definition) is 4. The summed E-state index contributed by atoms with van der Waals surface area (Å²) in [7, 11) is 0. The molecule has 0 unspecified atom stereocenters. The van der Waals surface area contributed by atoms with Crippen molar-refractivity contribution in [3.63, 3.8) is 0 Å². The van der Waals surface area contributed by atoms with Crippen molar-refractivity contribution in [1.82, 2.24) is 5.32 Å². The van der Waals surface area contributed by atoms with Gasteiger partial charge in [-0.2, -0.15) is 0 Å². The third-order valence-electron chi connectivity index (χ3n) is 3.97. The third kappa shape index (κ3) is 4.85. The van der Waals surface area contributed by atoms with Crippen LogP contribution in [0, 0.1) is 6.92 Å². The lowest BCUT2D eigenvalue weighted by atomic mass is 10.1. The number of benzene rings is 2. The molecule has 0 fully saturated rings. The molecule has 0 radical (unpaired) electrons. The summed E-state index contributed by atoms with van der Waals surface area (Å²) >= 11 is 0. The molecule has 3 rings (SSSR count). The van der Waals surface area contributed by atoms with Crippen molar-refractivity contribution in [3.05, 3.63) is 83.8 Å². The zero-order chi connectivity index (χ0) is 19.9. The molecule has 0 bridgehead atoms. The van der Waals surface area contributed by atoms with Crippen LogP contribution in [0.2, 0.25) is 0 Å². The first kappa shape index (κ1) is 18.9. The van der Waals surface area contributed by atoms with Gasteiger partial charge in [0.15, 0.2) is 5.76 Å². The maximum Gasteiger partial charge on any atom is 0.291 e. The number of carbonyl (C=O) groups is 3. The lowest BCUT2D eigenvalue weighted by molar-refractivity contribution is -0.115. The molecule has 3 amide bonds. The second-order valence-electron chi connectivity index (χ2n) is 6.05. The molecule has 0 saturated carbocycles. The molecule has 0 aliphatic heterocycles. The number of rotatable bonds is 6. The van der Waals surface area contributed by atoms with Crippen LogP contribution in [0.3, 0.4) is 0 Å². The molecule has 0 atom stereocenters. The number of amides is 3. The predicted octanol–water partition coefficient (Wildman–Crippen LogP) is 3.21. The molecule has 0 spiro atoms. The van der Waals surface area contributed by atoms with Crippen LogP contribution >= 0.6 is 0 Å². The largest absolute Gasteiger partial charge is 0.459 e. The molecule has 1 aromatic heterocycles. The summed E-state index contributed by atoms with van der Waals surface area (Å²) in [6.45, 7) is 1.69. The Morgan fingerprint density at radius 3 is 2.14 bits per heavy atom. The summed E-state index contributed by atoms with van der Waals surface area (Å²) < 4.78 is 5.03. The van der Waals surface area contributed by atoms with E-state index < -0.39 is 0 Å². The Hall–Kier alpha value is -3.87. The summed E-state index contributed by atoms with van der Waals surface area (Å²) in [4.78, 5) is 36.1. The van der Waals surface area contributed by atoms with E-state index in [9.17, 15) is 14.4 Å². The van der Waals surface area contributed by atoms with Gasteiger partial charge < -0.3 is 20.4 Å². The van der Waals surface area contributed by atoms with Gasteiger partial charge in [-0.1, -0.05) is 18.2 Å². The fourth-order valence-electron chi connectivity index (χ4n) is 2.53. The van der Waals surface area contributed by atoms with Gasteiger partial charge in [0, 0.05) is 16.9 Å². The molecule has 0 aliphatic carbocycles. The summed E-state index contributed by atoms with van der Waals surface area (Å²) in [5.41, 5.74) is 2.48. The highest BCUT2D eigenvalue weighted by atomic mass is 16.3. The standard InChI is InChI=1S/C21H19N3O4/c1-14-5-2-3-6-17(14)20(26)22-13-19(25)23-15-8-10-16(11-9-15)24-21(27)18-7-4-12-28-18/h2-12H,13H2,1H3,(H,22,26)(H,23,25)(H,24,27). The third-order valence-corrected chi connectivity index (χ3v) is 3.97. The highest BCUT2D eigenvalue weighted by Gasteiger charge is 2.11. The highest BCUT2D eigenvalue weighted by Crippen LogP contribution is 2.15. The fourth-order valence-corrected chi connectivity index (χ4v) is 2.53. The first-order valence-electron chi connectivity index (χ1n) is 8.61. The van der Waals surface area contributed by atoms with Crippen LogP contribution in [0.5, 0.6) is 0 Å². The van der Waals surface area contributed by atoms with E-state index in [1.807, 2.05) is 19.1 Å². The Labute approximate surface area is 161 Å². The van der Waals surface area contributed by atoms with Gasteiger partial charge in [-0.3, -0.25) is 14.4 Å². The molecule has 3 aromatic rings. The average molecular weight is 377 g/mol. The van der Waals surface area contributed by atoms with Crippen LogP contribution < -0.4 is 16.0 Å². The van der Waals surface area contributed by atoms with E-state index in [0.29, 0.717) is 16.9 Å². The molecule has 2 aromatic carbocycles. The summed E-state index contributed by atoms with van der Waals surface area (Å²) in [6.07, 6.45) is 1.42. The fraction of sp³-hybridized carbons (Fsp3) is 0.0952. The van der Waals surface area contributed by atoms with E-state index in [1.165, 1.54) is 6.26 Å². The predicted molar refractivity (Wildman–Crippen MR) is 105 cm³/mol. The van der Waals surface area contributed by atoms with Crippen molar-refractivity contribution >= 4 is 29.1 Å². The maximum atomic E-state index is 12.1. The number of anilines is 2. The van der Waals surface area contributed by atoms with Crippen molar-refractivity contribution in [2.75, 3.05) is 17.2 Å². The monoisotopic (exact) mass is 377 g/mol. The van der Waals surface area contributed by atoms with Crippen molar-refractivity contribution in [2.24, 2.45) is 0 Å². The molecular formula is C21H19N3O4. The Bertz CT molecular complexity index is 979. The smallest absolute Gasteiger partial charge is 0.291 e. The van der Waals surface area contributed by atoms with E-state index in [0.717, 1.165) is 5.56 Å². The van der Waals surface area contributed by atoms with Crippen LogP contribution in [-0.2, 0) is 4.79 Å². The van der Waals surface area contributed by atoms with Gasteiger partial charge in [-0.15, -0.1) is 0 Å². The molecule has 7 nitrogen and oxygen atoms in total. The van der Waals surface area contributed by atoms with Crippen molar-refractivity contribution in [1.29, 1.82) is 0 Å². The molecular weight excluding hydrogens is 358 g/mol. The second-order valence-corrected chi connectivity index (χ2v) is 6.05. The zero-order valence-electron chi connectivity index (χ0n) is 15.2. The molecule has 1 heterocycles. The van der Waals surface area contributed by atoms with Crippen LogP contribution in [0.4, 0.5) is 11.4 Å². The van der Waals surface area contributed by atoms with Crippen LogP contribution in [0.1, 0.15) is 26.5 Å². The van der Waals surface area contributed by atoms with E-state index in [1.54, 1.807) is 48.5 Å². The quantitative estimate of drug-likeness (QED) is 0.614. The number of nitrogens with one attached hydrogen (secondary N) is 3. The van der Waals surface area contributed by atoms with Gasteiger partial charge in [0.05, 0.1) is 12.8 Å². The van der Waals surface area contributed by atoms with E-state index in [-0.39, 0.29) is 30.0 Å². The van der Waals surface area contributed by atoms with Crippen LogP contribution in [0.25, 0.3) is 0 Å². The summed E-state index contributed by atoms with van der Waals surface area (Å²) in [5, 5.41) is 7.97. The zero-order valence-corrected chi connectivity index (χ0v) is 15.2. The summed E-state index contributed by atoms with van der Waals surface area (Å²) in [5.74, 6) is -0.805. The lowest BCUT2D eigenvalue weighted by Crippen LogP contribution is -2.33. The molecule has 7 heteroatoms. The topological polar surface area (TPSA) is 100 Å². The Morgan fingerprint density at radius 1 is 0.821 bits per heavy atom. The number of hydrogen-bond donors (Lipinski definition) is 3. The van der Waals surface area contributed by atoms with Gasteiger partial charge in [-0.25, -0.2) is 0 Å². The Morgan fingerprint density at radius 2 is 1.50 bits per heavy atom. The minimum atomic E-state index is -0.360. The average Bonchev–Trinajstić information content (AvgIpc) is 3.23. The van der Waals surface area contributed by atoms with Gasteiger partial charge in [0.25, 0.3) is 11.8 Å². The van der Waals surface area contributed by atoms with E-state index in [2.05, 4.69) is 16.0 Å². The van der Waals surface area contributed by atoms with Crippen molar-refractivity contribution in [3.8, 4) is 0 Å². The summed E-state index contributed by atoms with van der Waals surface area (Å²) in [6, 6.07) is 17.0. The lowest BCUT2D eigenvalue weighted by Gasteiger charge is -2.09. The van der Waals surface area contributed by atoms with Gasteiger partial charge in [-0.05, 0) is 55.0 Å². The first-order valence-corrected chi connectivity index (χ1v) is 8.61.